The van der Waals surface area contributed by atoms with Crippen molar-refractivity contribution >= 4 is 11.0 Å². The Bertz CT molecular complexity index is 620. The van der Waals surface area contributed by atoms with Crippen LogP contribution in [-0.4, -0.2) is 13.7 Å². The summed E-state index contributed by atoms with van der Waals surface area (Å²) in [5.41, 5.74) is 4.76. The van der Waals surface area contributed by atoms with Crippen LogP contribution in [0, 0.1) is 6.92 Å². The van der Waals surface area contributed by atoms with Crippen molar-refractivity contribution in [3.8, 4) is 0 Å². The van der Waals surface area contributed by atoms with Crippen molar-refractivity contribution in [1.82, 2.24) is 5.32 Å². The summed E-state index contributed by atoms with van der Waals surface area (Å²) in [6.07, 6.45) is 0. The highest BCUT2D eigenvalue weighted by Gasteiger charge is 2.23. The first-order valence-corrected chi connectivity index (χ1v) is 7.63. The zero-order valence-corrected chi connectivity index (χ0v) is 14.1. The molecule has 3 heteroatoms. The zero-order chi connectivity index (χ0) is 15.6. The number of methoxy groups -OCH3 is 1. The average Bonchev–Trinajstić information content (AvgIpc) is 2.73. The van der Waals surface area contributed by atoms with Gasteiger partial charge in [-0.3, -0.25) is 0 Å². The van der Waals surface area contributed by atoms with E-state index in [1.54, 1.807) is 7.11 Å². The van der Waals surface area contributed by atoms with Crippen molar-refractivity contribution in [2.45, 2.75) is 53.2 Å². The molecule has 0 fully saturated rings. The molecule has 0 aliphatic rings. The Morgan fingerprint density at radius 2 is 1.95 bits per heavy atom. The van der Waals surface area contributed by atoms with Gasteiger partial charge in [0, 0.05) is 23.6 Å². The highest BCUT2D eigenvalue weighted by atomic mass is 16.5. The number of ether oxygens (including phenoxy) is 1. The predicted octanol–water partition coefficient (Wildman–Crippen LogP) is 4.29. The molecular formula is C18H27NO2. The van der Waals surface area contributed by atoms with E-state index in [0.717, 1.165) is 24.4 Å². The molecule has 0 aliphatic heterocycles. The maximum Gasteiger partial charge on any atom is 0.138 e. The van der Waals surface area contributed by atoms with Crippen LogP contribution in [0.3, 0.4) is 0 Å². The number of hydrogen-bond acceptors (Lipinski definition) is 3. The smallest absolute Gasteiger partial charge is 0.138 e. The van der Waals surface area contributed by atoms with E-state index in [1.165, 1.54) is 22.1 Å². The molecule has 0 saturated heterocycles. The van der Waals surface area contributed by atoms with E-state index in [1.807, 2.05) is 0 Å². The van der Waals surface area contributed by atoms with E-state index in [-0.39, 0.29) is 5.41 Å². The van der Waals surface area contributed by atoms with Gasteiger partial charge in [0.25, 0.3) is 0 Å². The van der Waals surface area contributed by atoms with Crippen molar-refractivity contribution < 1.29 is 9.15 Å². The van der Waals surface area contributed by atoms with Crippen molar-refractivity contribution in [2.24, 2.45) is 0 Å². The molecule has 116 valence electrons. The minimum Gasteiger partial charge on any atom is -0.459 e. The lowest BCUT2D eigenvalue weighted by atomic mass is 9.85. The molecule has 3 nitrogen and oxygen atoms in total. The molecule has 0 spiro atoms. The number of aryl methyl sites for hydroxylation is 1. The van der Waals surface area contributed by atoms with Gasteiger partial charge < -0.3 is 14.5 Å². The van der Waals surface area contributed by atoms with Gasteiger partial charge in [-0.15, -0.1) is 0 Å². The van der Waals surface area contributed by atoms with Gasteiger partial charge in [-0.2, -0.15) is 0 Å². The second-order valence-corrected chi connectivity index (χ2v) is 6.66. The second kappa shape index (κ2) is 6.20. The van der Waals surface area contributed by atoms with Crippen LogP contribution < -0.4 is 5.32 Å². The van der Waals surface area contributed by atoms with Gasteiger partial charge in [-0.25, -0.2) is 0 Å². The quantitative estimate of drug-likeness (QED) is 0.891. The molecule has 2 rings (SSSR count). The molecule has 1 aromatic carbocycles. The molecule has 1 N–H and O–H groups in total. The lowest BCUT2D eigenvalue weighted by Gasteiger charge is -2.20. The summed E-state index contributed by atoms with van der Waals surface area (Å²) in [5, 5.41) is 4.54. The first kappa shape index (κ1) is 16.1. The highest BCUT2D eigenvalue weighted by molar-refractivity contribution is 5.86. The molecule has 0 bridgehead atoms. The Labute approximate surface area is 127 Å². The number of hydrogen-bond donors (Lipinski definition) is 1. The summed E-state index contributed by atoms with van der Waals surface area (Å²) < 4.78 is 11.6. The molecule has 1 aromatic heterocycles. The summed E-state index contributed by atoms with van der Waals surface area (Å²) in [7, 11) is 1.73. The van der Waals surface area contributed by atoms with Gasteiger partial charge in [0.1, 0.15) is 11.3 Å². The molecule has 0 amide bonds. The Morgan fingerprint density at radius 3 is 2.52 bits per heavy atom. The van der Waals surface area contributed by atoms with Crippen molar-refractivity contribution in [2.75, 3.05) is 13.7 Å². The molecule has 0 radical (unpaired) electrons. The van der Waals surface area contributed by atoms with Crippen LogP contribution in [-0.2, 0) is 23.3 Å². The Balaban J connectivity index is 2.68. The Morgan fingerprint density at radius 1 is 1.24 bits per heavy atom. The van der Waals surface area contributed by atoms with Gasteiger partial charge in [-0.1, -0.05) is 33.8 Å². The number of benzene rings is 1. The topological polar surface area (TPSA) is 34.4 Å². The minimum atomic E-state index is 0.0575. The normalized spacial score (nSPS) is 12.3. The SMILES string of the molecule is CCNCc1oc2c(C(C)(C)C)cc(C)cc2c1COC. The summed E-state index contributed by atoms with van der Waals surface area (Å²) >= 11 is 0. The van der Waals surface area contributed by atoms with Crippen molar-refractivity contribution in [3.63, 3.8) is 0 Å². The largest absolute Gasteiger partial charge is 0.459 e. The van der Waals surface area contributed by atoms with E-state index in [9.17, 15) is 0 Å². The van der Waals surface area contributed by atoms with E-state index in [2.05, 4.69) is 52.1 Å². The second-order valence-electron chi connectivity index (χ2n) is 6.66. The number of fused-ring (bicyclic) bond motifs is 1. The van der Waals surface area contributed by atoms with Gasteiger partial charge in [0.05, 0.1) is 13.2 Å². The van der Waals surface area contributed by atoms with Crippen LogP contribution in [0.4, 0.5) is 0 Å². The summed E-state index contributed by atoms with van der Waals surface area (Å²) in [6.45, 7) is 13.2. The fourth-order valence-electron chi connectivity index (χ4n) is 2.68. The Hall–Kier alpha value is -1.32. The van der Waals surface area contributed by atoms with Crippen LogP contribution >= 0.6 is 0 Å². The number of furan rings is 1. The maximum atomic E-state index is 6.22. The van der Waals surface area contributed by atoms with Gasteiger partial charge in [0.15, 0.2) is 0 Å². The highest BCUT2D eigenvalue weighted by Crippen LogP contribution is 2.36. The first-order valence-electron chi connectivity index (χ1n) is 7.63. The average molecular weight is 289 g/mol. The van der Waals surface area contributed by atoms with Crippen LogP contribution in [0.25, 0.3) is 11.0 Å². The van der Waals surface area contributed by atoms with E-state index >= 15 is 0 Å². The van der Waals surface area contributed by atoms with Gasteiger partial charge in [-0.05, 0) is 30.5 Å². The fraction of sp³-hybridized carbons (Fsp3) is 0.556. The standard InChI is InChI=1S/C18H27NO2/c1-7-19-10-16-14(11-20-6)13-8-12(2)9-15(17(13)21-16)18(3,4)5/h8-9,19H,7,10-11H2,1-6H3. The van der Waals surface area contributed by atoms with Crippen LogP contribution in [0.2, 0.25) is 0 Å². The molecule has 0 saturated carbocycles. The maximum absolute atomic E-state index is 6.22. The third kappa shape index (κ3) is 3.30. The first-order chi connectivity index (χ1) is 9.88. The van der Waals surface area contributed by atoms with Crippen LogP contribution in [0.1, 0.15) is 50.1 Å². The Kier molecular flexibility index (Phi) is 4.74. The fourth-order valence-corrected chi connectivity index (χ4v) is 2.68. The molecule has 1 heterocycles. The van der Waals surface area contributed by atoms with Gasteiger partial charge in [0.2, 0.25) is 0 Å². The predicted molar refractivity (Wildman–Crippen MR) is 87.7 cm³/mol. The molecule has 0 atom stereocenters. The monoisotopic (exact) mass is 289 g/mol. The van der Waals surface area contributed by atoms with Crippen LogP contribution in [0.15, 0.2) is 16.5 Å². The summed E-state index contributed by atoms with van der Waals surface area (Å²) in [6, 6.07) is 4.44. The molecule has 21 heavy (non-hydrogen) atoms. The zero-order valence-electron chi connectivity index (χ0n) is 14.1. The molecule has 0 aliphatic carbocycles. The van der Waals surface area contributed by atoms with E-state index in [4.69, 9.17) is 9.15 Å². The lowest BCUT2D eigenvalue weighted by molar-refractivity contribution is 0.183. The lowest BCUT2D eigenvalue weighted by Crippen LogP contribution is -2.12. The van der Waals surface area contributed by atoms with Crippen molar-refractivity contribution in [3.05, 3.63) is 34.6 Å². The van der Waals surface area contributed by atoms with Crippen molar-refractivity contribution in [1.29, 1.82) is 0 Å². The third-order valence-electron chi connectivity index (χ3n) is 3.75. The summed E-state index contributed by atoms with van der Waals surface area (Å²) in [4.78, 5) is 0. The van der Waals surface area contributed by atoms with E-state index in [0.29, 0.717) is 6.61 Å². The van der Waals surface area contributed by atoms with E-state index < -0.39 is 0 Å². The van der Waals surface area contributed by atoms with Crippen LogP contribution in [0.5, 0.6) is 0 Å². The molecular weight excluding hydrogens is 262 g/mol. The minimum absolute atomic E-state index is 0.0575. The molecule has 0 unspecified atom stereocenters. The molecule has 2 aromatic rings. The summed E-state index contributed by atoms with van der Waals surface area (Å²) in [5.74, 6) is 0.991. The number of nitrogens with one attached hydrogen (secondary N) is 1. The third-order valence-corrected chi connectivity index (χ3v) is 3.75. The van der Waals surface area contributed by atoms with Gasteiger partial charge >= 0.3 is 0 Å². The number of rotatable bonds is 5.